The number of carbonyl (C=O) groups is 1. The van der Waals surface area contributed by atoms with Gasteiger partial charge in [-0.2, -0.15) is 0 Å². The van der Waals surface area contributed by atoms with Crippen molar-refractivity contribution in [1.29, 1.82) is 0 Å². The van der Waals surface area contributed by atoms with Crippen molar-refractivity contribution in [2.45, 2.75) is 71.4 Å². The Labute approximate surface area is 202 Å². The molecule has 0 radical (unpaired) electrons. The van der Waals surface area contributed by atoms with Crippen LogP contribution in [0.3, 0.4) is 0 Å². The van der Waals surface area contributed by atoms with Crippen LogP contribution in [0, 0.1) is 13.8 Å². The average molecular weight is 461 g/mol. The van der Waals surface area contributed by atoms with Gasteiger partial charge in [0, 0.05) is 36.1 Å². The quantitative estimate of drug-likeness (QED) is 0.529. The number of nitrogens with zero attached hydrogens (tertiary/aromatic N) is 3. The summed E-state index contributed by atoms with van der Waals surface area (Å²) in [5, 5.41) is 2.87. The third-order valence-electron chi connectivity index (χ3n) is 6.83. The Bertz CT molecular complexity index is 1010. The monoisotopic (exact) mass is 460 g/mol. The number of amides is 1. The van der Waals surface area contributed by atoms with Gasteiger partial charge >= 0.3 is 0 Å². The first-order chi connectivity index (χ1) is 16.6. The number of pyridine rings is 1. The highest BCUT2D eigenvalue weighted by Gasteiger charge is 2.23. The van der Waals surface area contributed by atoms with Gasteiger partial charge in [-0.3, -0.25) is 9.78 Å². The Morgan fingerprint density at radius 1 is 1.03 bits per heavy atom. The number of piperidine rings is 1. The molecule has 5 rings (SSSR count). The summed E-state index contributed by atoms with van der Waals surface area (Å²) in [5.74, 6) is 1.25. The molecule has 1 aromatic carbocycles. The summed E-state index contributed by atoms with van der Waals surface area (Å²) in [5.41, 5.74) is 3.28. The van der Waals surface area contributed by atoms with Crippen molar-refractivity contribution in [3.63, 3.8) is 0 Å². The van der Waals surface area contributed by atoms with Crippen molar-refractivity contribution >= 4 is 5.91 Å². The van der Waals surface area contributed by atoms with Crippen LogP contribution in [0.4, 0.5) is 0 Å². The molecule has 6 nitrogen and oxygen atoms in total. The van der Waals surface area contributed by atoms with Crippen LogP contribution in [0.15, 0.2) is 53.2 Å². The number of hydrogen-bond donors (Lipinski definition) is 1. The third kappa shape index (κ3) is 6.54. The molecule has 34 heavy (non-hydrogen) atoms. The molecule has 2 fully saturated rings. The van der Waals surface area contributed by atoms with Crippen LogP contribution in [0.25, 0.3) is 11.5 Å². The standard InChI is InChI=1S/C18H17N3O2.C10H19N/c1-12-13(2)23-18(21-12)16-7-5-15(6-8-16)17(22)20-11-14-4-3-9-19-10-14;1-4-8-11(9-5-1)10-6-2-3-7-10/h3-10H,11H2,1-2H3,(H,20,22);10H,1-9H2. The van der Waals surface area contributed by atoms with Crippen molar-refractivity contribution in [2.75, 3.05) is 13.1 Å². The van der Waals surface area contributed by atoms with E-state index in [1.807, 2.05) is 38.1 Å². The van der Waals surface area contributed by atoms with E-state index in [0.29, 0.717) is 18.0 Å². The Hall–Kier alpha value is -2.99. The number of rotatable bonds is 5. The minimum Gasteiger partial charge on any atom is -0.441 e. The fraction of sp³-hybridized carbons (Fsp3) is 0.464. The van der Waals surface area contributed by atoms with Crippen LogP contribution >= 0.6 is 0 Å². The number of benzene rings is 1. The molecule has 0 spiro atoms. The lowest BCUT2D eigenvalue weighted by molar-refractivity contribution is 0.0951. The van der Waals surface area contributed by atoms with Crippen LogP contribution in [-0.2, 0) is 6.54 Å². The summed E-state index contributed by atoms with van der Waals surface area (Å²) in [7, 11) is 0. The lowest BCUT2D eigenvalue weighted by atomic mass is 10.1. The molecule has 0 unspecified atom stereocenters. The molecule has 1 N–H and O–H groups in total. The van der Waals surface area contributed by atoms with Gasteiger partial charge in [-0.15, -0.1) is 0 Å². The highest BCUT2D eigenvalue weighted by molar-refractivity contribution is 5.94. The highest BCUT2D eigenvalue weighted by atomic mass is 16.4. The maximum absolute atomic E-state index is 12.2. The van der Waals surface area contributed by atoms with Gasteiger partial charge in [0.15, 0.2) is 0 Å². The molecule has 1 amide bonds. The molecule has 6 heteroatoms. The number of hydrogen-bond acceptors (Lipinski definition) is 5. The van der Waals surface area contributed by atoms with Crippen LogP contribution in [0.5, 0.6) is 0 Å². The van der Waals surface area contributed by atoms with Crippen molar-refractivity contribution in [2.24, 2.45) is 0 Å². The molecule has 0 atom stereocenters. The first-order valence-electron chi connectivity index (χ1n) is 12.6. The zero-order valence-electron chi connectivity index (χ0n) is 20.4. The molecule has 0 bridgehead atoms. The van der Waals surface area contributed by atoms with E-state index in [2.05, 4.69) is 20.2 Å². The second-order valence-electron chi connectivity index (χ2n) is 9.32. The molecule has 1 aliphatic carbocycles. The Balaban J connectivity index is 0.000000207. The minimum atomic E-state index is -0.125. The van der Waals surface area contributed by atoms with Gasteiger partial charge in [-0.05, 0) is 88.5 Å². The largest absolute Gasteiger partial charge is 0.441 e. The van der Waals surface area contributed by atoms with Crippen LogP contribution in [0.2, 0.25) is 0 Å². The zero-order chi connectivity index (χ0) is 23.8. The SMILES string of the molecule is C1CCN(C2CCCC2)CC1.Cc1nc(-c2ccc(C(=O)NCc3cccnc3)cc2)oc1C. The molecular formula is C28H36N4O2. The molecule has 1 saturated heterocycles. The van der Waals surface area contributed by atoms with Crippen LogP contribution in [0.1, 0.15) is 72.3 Å². The van der Waals surface area contributed by atoms with Gasteiger partial charge in [0.2, 0.25) is 5.89 Å². The summed E-state index contributed by atoms with van der Waals surface area (Å²) in [6.45, 7) is 7.02. The predicted molar refractivity (Wildman–Crippen MR) is 135 cm³/mol. The van der Waals surface area contributed by atoms with E-state index >= 15 is 0 Å². The third-order valence-corrected chi connectivity index (χ3v) is 6.83. The van der Waals surface area contributed by atoms with Gasteiger partial charge in [0.1, 0.15) is 5.76 Å². The Kier molecular flexibility index (Phi) is 8.47. The van der Waals surface area contributed by atoms with E-state index in [1.54, 1.807) is 24.5 Å². The summed E-state index contributed by atoms with van der Waals surface area (Å²) < 4.78 is 5.59. The lowest BCUT2D eigenvalue weighted by Gasteiger charge is -2.31. The van der Waals surface area contributed by atoms with Gasteiger partial charge in [-0.25, -0.2) is 4.98 Å². The summed E-state index contributed by atoms with van der Waals surface area (Å²) >= 11 is 0. The zero-order valence-corrected chi connectivity index (χ0v) is 20.4. The molecule has 2 aromatic heterocycles. The number of carbonyl (C=O) groups excluding carboxylic acids is 1. The lowest BCUT2D eigenvalue weighted by Crippen LogP contribution is -2.37. The molecule has 3 heterocycles. The van der Waals surface area contributed by atoms with Crippen molar-refractivity contribution in [3.05, 3.63) is 71.4 Å². The molecule has 3 aromatic rings. The number of aromatic nitrogens is 2. The summed E-state index contributed by atoms with van der Waals surface area (Å²) in [4.78, 5) is 23.3. The number of aryl methyl sites for hydroxylation is 2. The van der Waals surface area contributed by atoms with Gasteiger partial charge in [0.25, 0.3) is 5.91 Å². The topological polar surface area (TPSA) is 71.3 Å². The molecular weight excluding hydrogens is 424 g/mol. The van der Waals surface area contributed by atoms with E-state index in [-0.39, 0.29) is 5.91 Å². The van der Waals surface area contributed by atoms with Crippen LogP contribution < -0.4 is 5.32 Å². The van der Waals surface area contributed by atoms with E-state index in [1.165, 1.54) is 58.0 Å². The smallest absolute Gasteiger partial charge is 0.251 e. The second-order valence-corrected chi connectivity index (χ2v) is 9.32. The summed E-state index contributed by atoms with van der Waals surface area (Å²) in [6.07, 6.45) is 13.8. The average Bonchev–Trinajstić information content (AvgIpc) is 3.55. The first-order valence-corrected chi connectivity index (χ1v) is 12.6. The van der Waals surface area contributed by atoms with E-state index in [9.17, 15) is 4.79 Å². The fourth-order valence-corrected chi connectivity index (χ4v) is 4.70. The first kappa shape index (κ1) is 24.1. The normalized spacial score (nSPS) is 16.6. The Morgan fingerprint density at radius 3 is 2.38 bits per heavy atom. The van der Waals surface area contributed by atoms with Crippen LogP contribution in [-0.4, -0.2) is 39.9 Å². The Morgan fingerprint density at radius 2 is 1.76 bits per heavy atom. The number of nitrogens with one attached hydrogen (secondary N) is 1. The maximum atomic E-state index is 12.2. The number of likely N-dealkylation sites (tertiary alicyclic amines) is 1. The molecule has 180 valence electrons. The van der Waals surface area contributed by atoms with E-state index in [4.69, 9.17) is 4.42 Å². The van der Waals surface area contributed by atoms with Gasteiger partial charge in [-0.1, -0.05) is 25.3 Å². The van der Waals surface area contributed by atoms with Gasteiger partial charge < -0.3 is 14.6 Å². The van der Waals surface area contributed by atoms with Crippen molar-refractivity contribution in [3.8, 4) is 11.5 Å². The minimum absolute atomic E-state index is 0.125. The fourth-order valence-electron chi connectivity index (χ4n) is 4.70. The molecule has 2 aliphatic rings. The van der Waals surface area contributed by atoms with Gasteiger partial charge in [0.05, 0.1) is 5.69 Å². The van der Waals surface area contributed by atoms with E-state index < -0.39 is 0 Å². The highest BCUT2D eigenvalue weighted by Crippen LogP contribution is 2.26. The predicted octanol–water partition coefficient (Wildman–Crippen LogP) is 5.70. The second kappa shape index (κ2) is 11.9. The number of oxazole rings is 1. The molecule has 1 saturated carbocycles. The van der Waals surface area contributed by atoms with Crippen molar-refractivity contribution in [1.82, 2.24) is 20.2 Å². The summed E-state index contributed by atoms with van der Waals surface area (Å²) in [6, 6.07) is 12.0. The maximum Gasteiger partial charge on any atom is 0.251 e. The van der Waals surface area contributed by atoms with Crippen molar-refractivity contribution < 1.29 is 9.21 Å². The molecule has 1 aliphatic heterocycles. The van der Waals surface area contributed by atoms with E-state index in [0.717, 1.165) is 28.6 Å².